The van der Waals surface area contributed by atoms with Gasteiger partial charge in [0.2, 0.25) is 0 Å². The molecule has 0 radical (unpaired) electrons. The summed E-state index contributed by atoms with van der Waals surface area (Å²) < 4.78 is 26.4. The average molecular weight is 517 g/mol. The van der Waals surface area contributed by atoms with E-state index < -0.39 is 11.9 Å². The number of rotatable bonds is 8. The van der Waals surface area contributed by atoms with Gasteiger partial charge in [-0.3, -0.25) is 0 Å². The van der Waals surface area contributed by atoms with Crippen molar-refractivity contribution in [1.29, 1.82) is 0 Å². The number of benzene rings is 2. The molecule has 0 aliphatic heterocycles. The van der Waals surface area contributed by atoms with Crippen LogP contribution in [0.3, 0.4) is 0 Å². The first kappa shape index (κ1) is 22.9. The van der Waals surface area contributed by atoms with E-state index in [1.807, 2.05) is 32.0 Å². The Morgan fingerprint density at radius 1 is 1.20 bits per heavy atom. The lowest BCUT2D eigenvalue weighted by atomic mass is 10.2. The Morgan fingerprint density at radius 2 is 1.93 bits per heavy atom. The third-order valence-corrected chi connectivity index (χ3v) is 5.63. The molecule has 1 atom stereocenters. The van der Waals surface area contributed by atoms with Crippen molar-refractivity contribution in [2.75, 3.05) is 13.2 Å². The van der Waals surface area contributed by atoms with Crippen LogP contribution in [-0.2, 0) is 0 Å². The van der Waals surface area contributed by atoms with Gasteiger partial charge in [-0.05, 0) is 38.1 Å². The fourth-order valence-electron chi connectivity index (χ4n) is 2.53. The number of aromatic nitrogens is 2. The van der Waals surface area contributed by atoms with Crippen LogP contribution in [0.5, 0.6) is 11.5 Å². The molecule has 3 aromatic rings. The van der Waals surface area contributed by atoms with E-state index in [2.05, 4.69) is 26.1 Å². The Hall–Kier alpha value is -1.78. The van der Waals surface area contributed by atoms with Crippen molar-refractivity contribution in [3.63, 3.8) is 0 Å². The third-order valence-electron chi connectivity index (χ3n) is 3.85. The van der Waals surface area contributed by atoms with Gasteiger partial charge in [0.05, 0.1) is 23.8 Å². The molecule has 160 valence electrons. The fraction of sp³-hybridized carbons (Fsp3) is 0.300. The minimum Gasteiger partial charge on any atom is -0.491 e. The predicted molar refractivity (Wildman–Crippen MR) is 120 cm³/mol. The van der Waals surface area contributed by atoms with Crippen molar-refractivity contribution in [3.05, 3.63) is 45.6 Å². The molecule has 0 amide bonds. The topological polar surface area (TPSA) is 90.5 Å². The van der Waals surface area contributed by atoms with Crippen LogP contribution in [0.2, 0.25) is 5.02 Å². The van der Waals surface area contributed by atoms with Crippen molar-refractivity contribution in [1.82, 2.24) is 10.2 Å². The zero-order valence-electron chi connectivity index (χ0n) is 16.2. The number of nitrogens with zero attached hydrogens (tertiary/aromatic N) is 2. The maximum Gasteiger partial charge on any atom is 0.165 e. The van der Waals surface area contributed by atoms with E-state index in [-0.39, 0.29) is 30.1 Å². The summed E-state index contributed by atoms with van der Waals surface area (Å²) in [5.74, 6) is 0.0593. The molecule has 0 spiro atoms. The fourth-order valence-corrected chi connectivity index (χ4v) is 4.16. The number of hydrogen-bond acceptors (Lipinski definition) is 7. The standard InChI is InChI=1S/C20H20BrClFN3O3S/c1-10(2)29-14-4-11(3-12(21)5-14)19-25-26-20(30-19)15-6-17(23)18(7-16(15)22)28-9-13(24)8-27/h3-7,10,13,27H,8-9,24H2,1-2H3. The molecule has 0 aliphatic carbocycles. The van der Waals surface area contributed by atoms with Gasteiger partial charge in [0.25, 0.3) is 0 Å². The molecule has 2 aromatic carbocycles. The molecule has 1 unspecified atom stereocenters. The molecule has 10 heteroatoms. The lowest BCUT2D eigenvalue weighted by Crippen LogP contribution is -2.31. The second kappa shape index (κ2) is 10.0. The monoisotopic (exact) mass is 515 g/mol. The first-order valence-electron chi connectivity index (χ1n) is 9.06. The summed E-state index contributed by atoms with van der Waals surface area (Å²) in [5, 5.41) is 18.7. The van der Waals surface area contributed by atoms with Crippen LogP contribution >= 0.6 is 38.9 Å². The number of aliphatic hydroxyl groups is 1. The van der Waals surface area contributed by atoms with Crippen LogP contribution in [0.15, 0.2) is 34.8 Å². The summed E-state index contributed by atoms with van der Waals surface area (Å²) in [6.45, 7) is 3.60. The van der Waals surface area contributed by atoms with Crippen molar-refractivity contribution >= 4 is 38.9 Å². The molecular weight excluding hydrogens is 497 g/mol. The molecule has 0 aliphatic rings. The van der Waals surface area contributed by atoms with E-state index in [1.165, 1.54) is 23.5 Å². The summed E-state index contributed by atoms with van der Waals surface area (Å²) in [4.78, 5) is 0. The Kier molecular flexibility index (Phi) is 7.65. The molecule has 3 rings (SSSR count). The highest BCUT2D eigenvalue weighted by atomic mass is 79.9. The summed E-state index contributed by atoms with van der Waals surface area (Å²) in [6, 6.07) is 7.66. The van der Waals surface area contributed by atoms with E-state index in [1.54, 1.807) is 0 Å². The molecule has 0 bridgehead atoms. The molecule has 30 heavy (non-hydrogen) atoms. The SMILES string of the molecule is CC(C)Oc1cc(Br)cc(-c2nnc(-c3cc(F)c(OCC(N)CO)cc3Cl)s2)c1. The lowest BCUT2D eigenvalue weighted by Gasteiger charge is -2.12. The van der Waals surface area contributed by atoms with Crippen LogP contribution in [0.25, 0.3) is 21.1 Å². The van der Waals surface area contributed by atoms with Crippen LogP contribution < -0.4 is 15.2 Å². The number of hydrogen-bond donors (Lipinski definition) is 2. The molecule has 0 saturated carbocycles. The summed E-state index contributed by atoms with van der Waals surface area (Å²) in [5.41, 5.74) is 6.80. The Morgan fingerprint density at radius 3 is 2.63 bits per heavy atom. The van der Waals surface area contributed by atoms with Gasteiger partial charge >= 0.3 is 0 Å². The van der Waals surface area contributed by atoms with Gasteiger partial charge in [0, 0.05) is 21.7 Å². The molecule has 1 heterocycles. The molecule has 0 saturated heterocycles. The van der Waals surface area contributed by atoms with Gasteiger partial charge in [-0.1, -0.05) is 38.9 Å². The third kappa shape index (κ3) is 5.67. The second-order valence-corrected chi connectivity index (χ2v) is 9.07. The van der Waals surface area contributed by atoms with Gasteiger partial charge in [-0.2, -0.15) is 0 Å². The molecule has 1 aromatic heterocycles. The van der Waals surface area contributed by atoms with Crippen molar-refractivity contribution in [2.24, 2.45) is 5.73 Å². The summed E-state index contributed by atoms with van der Waals surface area (Å²) in [7, 11) is 0. The predicted octanol–water partition coefficient (Wildman–Crippen LogP) is 4.91. The van der Waals surface area contributed by atoms with Gasteiger partial charge in [0.15, 0.2) is 11.6 Å². The summed E-state index contributed by atoms with van der Waals surface area (Å²) >= 11 is 11.1. The van der Waals surface area contributed by atoms with E-state index in [0.29, 0.717) is 21.3 Å². The Labute approximate surface area is 190 Å². The molecular formula is C20H20BrClFN3O3S. The minimum absolute atomic E-state index is 0.0320. The van der Waals surface area contributed by atoms with E-state index in [0.717, 1.165) is 10.0 Å². The summed E-state index contributed by atoms with van der Waals surface area (Å²) in [6.07, 6.45) is 0.0339. The highest BCUT2D eigenvalue weighted by Crippen LogP contribution is 2.38. The van der Waals surface area contributed by atoms with E-state index in [4.69, 9.17) is 31.9 Å². The maximum absolute atomic E-state index is 14.5. The zero-order valence-corrected chi connectivity index (χ0v) is 19.4. The first-order chi connectivity index (χ1) is 14.3. The Balaban J connectivity index is 1.87. The normalized spacial score (nSPS) is 12.3. The molecule has 6 nitrogen and oxygen atoms in total. The average Bonchev–Trinajstić information content (AvgIpc) is 3.17. The van der Waals surface area contributed by atoms with Gasteiger partial charge in [0.1, 0.15) is 22.4 Å². The second-order valence-electron chi connectivity index (χ2n) is 6.77. The van der Waals surface area contributed by atoms with Crippen molar-refractivity contribution in [3.8, 4) is 32.6 Å². The number of ether oxygens (including phenoxy) is 2. The van der Waals surface area contributed by atoms with E-state index >= 15 is 0 Å². The smallest absolute Gasteiger partial charge is 0.165 e. The van der Waals surface area contributed by atoms with Crippen LogP contribution in [0.1, 0.15) is 13.8 Å². The van der Waals surface area contributed by atoms with Crippen molar-refractivity contribution < 1.29 is 19.0 Å². The quantitative estimate of drug-likeness (QED) is 0.442. The van der Waals surface area contributed by atoms with Crippen LogP contribution in [0, 0.1) is 5.82 Å². The minimum atomic E-state index is -0.608. The number of aliphatic hydroxyl groups excluding tert-OH is 1. The largest absolute Gasteiger partial charge is 0.491 e. The lowest BCUT2D eigenvalue weighted by molar-refractivity contribution is 0.202. The van der Waals surface area contributed by atoms with Gasteiger partial charge in [-0.25, -0.2) is 4.39 Å². The maximum atomic E-state index is 14.5. The van der Waals surface area contributed by atoms with Crippen LogP contribution in [0.4, 0.5) is 4.39 Å². The Bertz CT molecular complexity index is 1030. The highest BCUT2D eigenvalue weighted by molar-refractivity contribution is 9.10. The molecule has 0 fully saturated rings. The van der Waals surface area contributed by atoms with Gasteiger partial charge in [-0.15, -0.1) is 10.2 Å². The zero-order chi connectivity index (χ0) is 21.8. The highest BCUT2D eigenvalue weighted by Gasteiger charge is 2.17. The van der Waals surface area contributed by atoms with E-state index in [9.17, 15) is 4.39 Å². The first-order valence-corrected chi connectivity index (χ1v) is 11.1. The number of halogens is 3. The molecule has 3 N–H and O–H groups in total. The van der Waals surface area contributed by atoms with Gasteiger partial charge < -0.3 is 20.3 Å². The van der Waals surface area contributed by atoms with Crippen LogP contribution in [-0.4, -0.2) is 40.7 Å². The van der Waals surface area contributed by atoms with Crippen molar-refractivity contribution in [2.45, 2.75) is 26.0 Å². The number of nitrogens with two attached hydrogens (primary N) is 1.